The molecule has 0 aromatic carbocycles. The van der Waals surface area contributed by atoms with E-state index in [9.17, 15) is 0 Å². The van der Waals surface area contributed by atoms with Crippen LogP contribution in [0.15, 0.2) is 10.6 Å². The largest absolute Gasteiger partial charge is 0.308 e. The fraction of sp³-hybridized carbons (Fsp3) is 0.778. The lowest BCUT2D eigenvalue weighted by molar-refractivity contribution is 0.563. The molecular weight excluding hydrogens is 225 g/mol. The van der Waals surface area contributed by atoms with E-state index < -0.39 is 0 Å². The molecule has 0 radical (unpaired) electrons. The van der Waals surface area contributed by atoms with Crippen LogP contribution < -0.4 is 5.32 Å². The van der Waals surface area contributed by atoms with Crippen molar-refractivity contribution >= 4 is 35.0 Å². The Hall–Kier alpha value is 0.630. The smallest absolute Gasteiger partial charge is 0.0432 e. The molecule has 1 fully saturated rings. The predicted octanol–water partition coefficient (Wildman–Crippen LogP) is 3.18. The molecule has 0 aromatic heterocycles. The Morgan fingerprint density at radius 1 is 1.62 bits per heavy atom. The van der Waals surface area contributed by atoms with Crippen molar-refractivity contribution in [3.05, 3.63) is 10.6 Å². The Morgan fingerprint density at radius 3 is 3.00 bits per heavy atom. The van der Waals surface area contributed by atoms with E-state index in [4.69, 9.17) is 23.2 Å². The SMILES string of the molecule is CSC1CCCC1NCC(Cl)=CCl. The summed E-state index contributed by atoms with van der Waals surface area (Å²) < 4.78 is 0. The first-order valence-corrected chi connectivity index (χ1v) is 6.59. The summed E-state index contributed by atoms with van der Waals surface area (Å²) in [7, 11) is 0. The number of hydrogen-bond donors (Lipinski definition) is 1. The van der Waals surface area contributed by atoms with Crippen LogP contribution in [-0.2, 0) is 0 Å². The fourth-order valence-electron chi connectivity index (χ4n) is 1.71. The van der Waals surface area contributed by atoms with Gasteiger partial charge >= 0.3 is 0 Å². The van der Waals surface area contributed by atoms with Crippen molar-refractivity contribution in [2.45, 2.75) is 30.6 Å². The molecule has 1 aliphatic carbocycles. The molecule has 76 valence electrons. The zero-order valence-corrected chi connectivity index (χ0v) is 10.1. The Balaban J connectivity index is 2.27. The van der Waals surface area contributed by atoms with Crippen molar-refractivity contribution in [2.75, 3.05) is 12.8 Å². The van der Waals surface area contributed by atoms with Gasteiger partial charge in [0, 0.05) is 28.4 Å². The maximum atomic E-state index is 5.79. The third-order valence-electron chi connectivity index (χ3n) is 2.41. The van der Waals surface area contributed by atoms with Crippen LogP contribution in [0, 0.1) is 0 Å². The van der Waals surface area contributed by atoms with Gasteiger partial charge in [-0.1, -0.05) is 29.6 Å². The van der Waals surface area contributed by atoms with E-state index in [1.807, 2.05) is 11.8 Å². The second-order valence-corrected chi connectivity index (χ2v) is 5.03. The molecule has 1 aliphatic rings. The predicted molar refractivity (Wildman–Crippen MR) is 62.7 cm³/mol. The maximum absolute atomic E-state index is 5.79. The molecule has 0 aliphatic heterocycles. The van der Waals surface area contributed by atoms with Gasteiger partial charge in [-0.05, 0) is 19.1 Å². The van der Waals surface area contributed by atoms with Crippen molar-refractivity contribution in [3.8, 4) is 0 Å². The lowest BCUT2D eigenvalue weighted by Crippen LogP contribution is -2.34. The summed E-state index contributed by atoms with van der Waals surface area (Å²) in [5.74, 6) is 0. The lowest BCUT2D eigenvalue weighted by Gasteiger charge is -2.18. The Bertz CT molecular complexity index is 184. The molecule has 2 atom stereocenters. The molecule has 0 spiro atoms. The van der Waals surface area contributed by atoms with Crippen LogP contribution >= 0.6 is 35.0 Å². The van der Waals surface area contributed by atoms with Crippen molar-refractivity contribution in [2.24, 2.45) is 0 Å². The average Bonchev–Trinajstić information content (AvgIpc) is 2.61. The zero-order valence-electron chi connectivity index (χ0n) is 7.72. The quantitative estimate of drug-likeness (QED) is 0.810. The first-order valence-electron chi connectivity index (χ1n) is 4.49. The van der Waals surface area contributed by atoms with Gasteiger partial charge in [0.2, 0.25) is 0 Å². The van der Waals surface area contributed by atoms with E-state index in [-0.39, 0.29) is 0 Å². The van der Waals surface area contributed by atoms with Crippen molar-refractivity contribution in [1.29, 1.82) is 0 Å². The highest BCUT2D eigenvalue weighted by Crippen LogP contribution is 2.28. The highest BCUT2D eigenvalue weighted by Gasteiger charge is 2.25. The van der Waals surface area contributed by atoms with E-state index in [0.717, 1.165) is 5.25 Å². The minimum atomic E-state index is 0.611. The maximum Gasteiger partial charge on any atom is 0.0432 e. The summed E-state index contributed by atoms with van der Waals surface area (Å²) in [6.07, 6.45) is 6.08. The molecule has 4 heteroatoms. The highest BCUT2D eigenvalue weighted by molar-refractivity contribution is 7.99. The van der Waals surface area contributed by atoms with E-state index in [1.165, 1.54) is 24.8 Å². The van der Waals surface area contributed by atoms with Gasteiger partial charge < -0.3 is 5.32 Å². The number of hydrogen-bond acceptors (Lipinski definition) is 2. The topological polar surface area (TPSA) is 12.0 Å². The first kappa shape index (κ1) is 11.7. The van der Waals surface area contributed by atoms with Gasteiger partial charge in [-0.3, -0.25) is 0 Å². The van der Waals surface area contributed by atoms with Gasteiger partial charge in [0.25, 0.3) is 0 Å². The molecule has 0 amide bonds. The highest BCUT2D eigenvalue weighted by atomic mass is 35.5. The molecule has 0 bridgehead atoms. The zero-order chi connectivity index (χ0) is 9.68. The number of rotatable bonds is 4. The molecule has 0 aromatic rings. The second-order valence-electron chi connectivity index (χ2n) is 3.25. The van der Waals surface area contributed by atoms with E-state index in [2.05, 4.69) is 11.6 Å². The van der Waals surface area contributed by atoms with Crippen LogP contribution in [-0.4, -0.2) is 24.1 Å². The third kappa shape index (κ3) is 3.70. The molecule has 1 saturated carbocycles. The Kier molecular flexibility index (Phi) is 5.56. The summed E-state index contributed by atoms with van der Waals surface area (Å²) in [6.45, 7) is 0.701. The molecular formula is C9H15Cl2NS. The number of nitrogens with one attached hydrogen (secondary N) is 1. The Morgan fingerprint density at radius 2 is 2.38 bits per heavy atom. The summed E-state index contributed by atoms with van der Waals surface area (Å²) in [4.78, 5) is 0. The van der Waals surface area contributed by atoms with Crippen LogP contribution in [0.3, 0.4) is 0 Å². The summed E-state index contributed by atoms with van der Waals surface area (Å²) in [5.41, 5.74) is 1.43. The van der Waals surface area contributed by atoms with Gasteiger partial charge in [-0.25, -0.2) is 0 Å². The molecule has 0 heterocycles. The van der Waals surface area contributed by atoms with E-state index in [0.29, 0.717) is 17.6 Å². The molecule has 1 N–H and O–H groups in total. The Labute approximate surface area is 94.2 Å². The van der Waals surface area contributed by atoms with Crippen molar-refractivity contribution in [1.82, 2.24) is 5.32 Å². The minimum absolute atomic E-state index is 0.611. The van der Waals surface area contributed by atoms with Crippen LogP contribution in [0.25, 0.3) is 0 Å². The van der Waals surface area contributed by atoms with Crippen molar-refractivity contribution < 1.29 is 0 Å². The van der Waals surface area contributed by atoms with Crippen LogP contribution in [0.2, 0.25) is 0 Å². The number of halogens is 2. The van der Waals surface area contributed by atoms with E-state index in [1.54, 1.807) is 0 Å². The lowest BCUT2D eigenvalue weighted by atomic mass is 10.2. The van der Waals surface area contributed by atoms with Crippen LogP contribution in [0.5, 0.6) is 0 Å². The molecule has 1 rings (SSSR count). The van der Waals surface area contributed by atoms with Gasteiger partial charge in [-0.15, -0.1) is 0 Å². The van der Waals surface area contributed by atoms with E-state index >= 15 is 0 Å². The summed E-state index contributed by atoms with van der Waals surface area (Å²) >= 11 is 13.2. The third-order valence-corrected chi connectivity index (χ3v) is 4.19. The standard InChI is InChI=1S/C9H15Cl2NS/c1-13-9-4-2-3-8(9)12-6-7(11)5-10/h5,8-9,12H,2-4,6H2,1H3. The van der Waals surface area contributed by atoms with Gasteiger partial charge in [0.1, 0.15) is 0 Å². The molecule has 1 nitrogen and oxygen atoms in total. The monoisotopic (exact) mass is 239 g/mol. The van der Waals surface area contributed by atoms with Crippen molar-refractivity contribution in [3.63, 3.8) is 0 Å². The fourth-order valence-corrected chi connectivity index (χ4v) is 2.83. The summed E-state index contributed by atoms with van der Waals surface area (Å²) in [6, 6.07) is 0.611. The first-order chi connectivity index (χ1) is 6.27. The van der Waals surface area contributed by atoms with Gasteiger partial charge in [-0.2, -0.15) is 11.8 Å². The van der Waals surface area contributed by atoms with Crippen LogP contribution in [0.4, 0.5) is 0 Å². The molecule has 13 heavy (non-hydrogen) atoms. The molecule has 0 saturated heterocycles. The summed E-state index contributed by atoms with van der Waals surface area (Å²) in [5, 5.41) is 4.87. The van der Waals surface area contributed by atoms with Crippen LogP contribution in [0.1, 0.15) is 19.3 Å². The minimum Gasteiger partial charge on any atom is -0.308 e. The van der Waals surface area contributed by atoms with Gasteiger partial charge in [0.05, 0.1) is 0 Å². The number of thioether (sulfide) groups is 1. The van der Waals surface area contributed by atoms with Gasteiger partial charge in [0.15, 0.2) is 0 Å². The second kappa shape index (κ2) is 6.18. The average molecular weight is 240 g/mol. The molecule has 2 unspecified atom stereocenters. The normalized spacial score (nSPS) is 29.6.